The number of nitrogens with two attached hydrogens (primary N) is 1. The first-order chi connectivity index (χ1) is 8.52. The molecule has 1 unspecified atom stereocenters. The standard InChI is InChI=1S/C12H16N2O3S/c1-18-9-4-2-8(3-5-9)7-14-12(17)10(13)6-11(15)16/h2-5,10H,6-7,13H2,1H3,(H,14,17)(H,15,16). The van der Waals surface area contributed by atoms with Crippen molar-refractivity contribution in [2.75, 3.05) is 6.26 Å². The van der Waals surface area contributed by atoms with Crippen LogP contribution >= 0.6 is 11.8 Å². The maximum absolute atomic E-state index is 11.5. The summed E-state index contributed by atoms with van der Waals surface area (Å²) in [5, 5.41) is 11.1. The van der Waals surface area contributed by atoms with Crippen LogP contribution in [0.25, 0.3) is 0 Å². The summed E-state index contributed by atoms with van der Waals surface area (Å²) >= 11 is 1.64. The van der Waals surface area contributed by atoms with Gasteiger partial charge in [0.2, 0.25) is 5.91 Å². The molecule has 5 nitrogen and oxygen atoms in total. The summed E-state index contributed by atoms with van der Waals surface area (Å²) < 4.78 is 0. The molecule has 0 aliphatic carbocycles. The van der Waals surface area contributed by atoms with Crippen LogP contribution in [0.1, 0.15) is 12.0 Å². The number of carboxylic acids is 1. The van der Waals surface area contributed by atoms with Gasteiger partial charge in [0.15, 0.2) is 0 Å². The number of amides is 1. The lowest BCUT2D eigenvalue weighted by atomic mass is 10.2. The van der Waals surface area contributed by atoms with Gasteiger partial charge in [-0.25, -0.2) is 0 Å². The monoisotopic (exact) mass is 268 g/mol. The Balaban J connectivity index is 2.44. The maximum Gasteiger partial charge on any atom is 0.305 e. The Kier molecular flexibility index (Phi) is 5.67. The van der Waals surface area contributed by atoms with Crippen molar-refractivity contribution < 1.29 is 14.7 Å². The lowest BCUT2D eigenvalue weighted by Gasteiger charge is -2.10. The Morgan fingerprint density at radius 1 is 1.39 bits per heavy atom. The molecule has 4 N–H and O–H groups in total. The van der Waals surface area contributed by atoms with Crippen molar-refractivity contribution in [3.8, 4) is 0 Å². The summed E-state index contributed by atoms with van der Waals surface area (Å²) in [6, 6.07) is 6.74. The molecule has 0 heterocycles. The normalized spacial score (nSPS) is 11.9. The molecule has 1 aromatic rings. The number of carboxylic acid groups (broad SMARTS) is 1. The van der Waals surface area contributed by atoms with E-state index in [1.54, 1.807) is 11.8 Å². The number of rotatable bonds is 6. The van der Waals surface area contributed by atoms with Gasteiger partial charge in [-0.05, 0) is 24.0 Å². The quantitative estimate of drug-likeness (QED) is 0.664. The highest BCUT2D eigenvalue weighted by Crippen LogP contribution is 2.14. The van der Waals surface area contributed by atoms with Gasteiger partial charge in [-0.3, -0.25) is 9.59 Å². The molecule has 0 bridgehead atoms. The summed E-state index contributed by atoms with van der Waals surface area (Å²) in [6.07, 6.45) is 1.62. The van der Waals surface area contributed by atoms with Crippen molar-refractivity contribution >= 4 is 23.6 Å². The van der Waals surface area contributed by atoms with Crippen LogP contribution in [0.4, 0.5) is 0 Å². The predicted molar refractivity (Wildman–Crippen MR) is 70.3 cm³/mol. The third-order valence-electron chi connectivity index (χ3n) is 2.36. The molecule has 18 heavy (non-hydrogen) atoms. The topological polar surface area (TPSA) is 92.4 Å². The van der Waals surface area contributed by atoms with Crippen molar-refractivity contribution in [2.45, 2.75) is 23.9 Å². The smallest absolute Gasteiger partial charge is 0.305 e. The van der Waals surface area contributed by atoms with Crippen LogP contribution in [-0.2, 0) is 16.1 Å². The Labute approximate surface area is 110 Å². The van der Waals surface area contributed by atoms with E-state index < -0.39 is 17.9 Å². The van der Waals surface area contributed by atoms with Crippen LogP contribution in [0, 0.1) is 0 Å². The lowest BCUT2D eigenvalue weighted by molar-refractivity contribution is -0.139. The maximum atomic E-state index is 11.5. The van der Waals surface area contributed by atoms with Crippen molar-refractivity contribution in [3.05, 3.63) is 29.8 Å². The second kappa shape index (κ2) is 7.03. The van der Waals surface area contributed by atoms with Gasteiger partial charge in [0.1, 0.15) is 0 Å². The van der Waals surface area contributed by atoms with Crippen molar-refractivity contribution in [3.63, 3.8) is 0 Å². The van der Waals surface area contributed by atoms with Gasteiger partial charge in [-0.15, -0.1) is 11.8 Å². The van der Waals surface area contributed by atoms with Gasteiger partial charge in [0.25, 0.3) is 0 Å². The minimum absolute atomic E-state index is 0.348. The first-order valence-corrected chi connectivity index (χ1v) is 6.63. The molecule has 1 amide bonds. The molecule has 0 saturated carbocycles. The van der Waals surface area contributed by atoms with E-state index in [0.717, 1.165) is 10.5 Å². The van der Waals surface area contributed by atoms with E-state index in [1.807, 2.05) is 30.5 Å². The summed E-state index contributed by atoms with van der Waals surface area (Å²) in [7, 11) is 0. The molecule has 0 fully saturated rings. The summed E-state index contributed by atoms with van der Waals surface area (Å²) in [5.74, 6) is -1.53. The molecule has 1 rings (SSSR count). The Bertz CT molecular complexity index is 420. The molecule has 0 saturated heterocycles. The molecule has 6 heteroatoms. The SMILES string of the molecule is CSc1ccc(CNC(=O)C(N)CC(=O)O)cc1. The molecule has 0 aliphatic heterocycles. The highest BCUT2D eigenvalue weighted by atomic mass is 32.2. The van der Waals surface area contributed by atoms with Crippen LogP contribution in [0.2, 0.25) is 0 Å². The molecule has 0 spiro atoms. The van der Waals surface area contributed by atoms with Crippen LogP contribution in [-0.4, -0.2) is 29.3 Å². The van der Waals surface area contributed by atoms with E-state index in [4.69, 9.17) is 10.8 Å². The third kappa shape index (κ3) is 4.77. The van der Waals surface area contributed by atoms with E-state index in [9.17, 15) is 9.59 Å². The number of hydrogen-bond donors (Lipinski definition) is 3. The number of benzene rings is 1. The molecule has 0 aromatic heterocycles. The molecular formula is C12H16N2O3S. The summed E-state index contributed by atoms with van der Waals surface area (Å²) in [5.41, 5.74) is 6.38. The molecule has 1 atom stereocenters. The van der Waals surface area contributed by atoms with E-state index >= 15 is 0 Å². The van der Waals surface area contributed by atoms with Crippen molar-refractivity contribution in [2.24, 2.45) is 5.73 Å². The van der Waals surface area contributed by atoms with Gasteiger partial charge < -0.3 is 16.2 Å². The highest BCUT2D eigenvalue weighted by Gasteiger charge is 2.16. The Morgan fingerprint density at radius 2 is 2.00 bits per heavy atom. The zero-order chi connectivity index (χ0) is 13.5. The fourth-order valence-corrected chi connectivity index (χ4v) is 1.75. The van der Waals surface area contributed by atoms with Gasteiger partial charge in [-0.1, -0.05) is 12.1 Å². The zero-order valence-corrected chi connectivity index (χ0v) is 10.9. The molecule has 0 radical (unpaired) electrons. The number of thioether (sulfide) groups is 1. The highest BCUT2D eigenvalue weighted by molar-refractivity contribution is 7.98. The molecule has 98 valence electrons. The first-order valence-electron chi connectivity index (χ1n) is 5.41. The van der Waals surface area contributed by atoms with Gasteiger partial charge in [-0.2, -0.15) is 0 Å². The average molecular weight is 268 g/mol. The number of aliphatic carboxylic acids is 1. The average Bonchev–Trinajstić information content (AvgIpc) is 2.35. The van der Waals surface area contributed by atoms with E-state index in [2.05, 4.69) is 5.32 Å². The minimum atomic E-state index is -1.08. The second-order valence-corrected chi connectivity index (χ2v) is 4.65. The number of carbonyl (C=O) groups excluding carboxylic acids is 1. The minimum Gasteiger partial charge on any atom is -0.481 e. The predicted octanol–water partition coefficient (Wildman–Crippen LogP) is 0.827. The van der Waals surface area contributed by atoms with E-state index in [-0.39, 0.29) is 6.42 Å². The van der Waals surface area contributed by atoms with Gasteiger partial charge in [0, 0.05) is 11.4 Å². The number of hydrogen-bond acceptors (Lipinski definition) is 4. The van der Waals surface area contributed by atoms with Gasteiger partial charge in [0.05, 0.1) is 12.5 Å². The van der Waals surface area contributed by atoms with E-state index in [1.165, 1.54) is 0 Å². The fourth-order valence-electron chi connectivity index (χ4n) is 1.34. The van der Waals surface area contributed by atoms with Crippen LogP contribution in [0.15, 0.2) is 29.2 Å². The Morgan fingerprint density at radius 3 is 2.50 bits per heavy atom. The number of nitrogens with one attached hydrogen (secondary N) is 1. The van der Waals surface area contributed by atoms with Gasteiger partial charge >= 0.3 is 5.97 Å². The Hall–Kier alpha value is -1.53. The zero-order valence-electron chi connectivity index (χ0n) is 10.1. The number of carbonyl (C=O) groups is 2. The van der Waals surface area contributed by atoms with E-state index in [0.29, 0.717) is 6.54 Å². The summed E-state index contributed by atoms with van der Waals surface area (Å²) in [6.45, 7) is 0.348. The molecular weight excluding hydrogens is 252 g/mol. The van der Waals surface area contributed by atoms with Crippen molar-refractivity contribution in [1.29, 1.82) is 0 Å². The lowest BCUT2D eigenvalue weighted by Crippen LogP contribution is -2.41. The molecule has 0 aliphatic rings. The fraction of sp³-hybridized carbons (Fsp3) is 0.333. The third-order valence-corrected chi connectivity index (χ3v) is 3.10. The van der Waals surface area contributed by atoms with Crippen LogP contribution < -0.4 is 11.1 Å². The summed E-state index contributed by atoms with van der Waals surface area (Å²) in [4.78, 5) is 23.0. The van der Waals surface area contributed by atoms with Crippen LogP contribution in [0.5, 0.6) is 0 Å². The largest absolute Gasteiger partial charge is 0.481 e. The van der Waals surface area contributed by atoms with Crippen LogP contribution in [0.3, 0.4) is 0 Å². The van der Waals surface area contributed by atoms with Crippen molar-refractivity contribution in [1.82, 2.24) is 5.32 Å². The second-order valence-electron chi connectivity index (χ2n) is 3.77. The first kappa shape index (κ1) is 14.5. The molecule has 1 aromatic carbocycles.